The number of aliphatic hydroxyl groups excluding tert-OH is 1. The van der Waals surface area contributed by atoms with Crippen LogP contribution in [0.3, 0.4) is 0 Å². The molecule has 40 heavy (non-hydrogen) atoms. The topological polar surface area (TPSA) is 161 Å². The minimum absolute atomic E-state index is 0.0108. The van der Waals surface area contributed by atoms with Crippen LogP contribution in [0.15, 0.2) is 12.1 Å². The van der Waals surface area contributed by atoms with Crippen LogP contribution in [0.4, 0.5) is 0 Å². The third-order valence-electron chi connectivity index (χ3n) is 8.17. The highest BCUT2D eigenvalue weighted by molar-refractivity contribution is 6.31. The van der Waals surface area contributed by atoms with Crippen molar-refractivity contribution in [1.82, 2.24) is 0 Å². The van der Waals surface area contributed by atoms with Crippen molar-refractivity contribution in [2.75, 3.05) is 21.3 Å². The summed E-state index contributed by atoms with van der Waals surface area (Å²) in [5, 5.41) is 45.1. The molecule has 216 valence electrons. The molecule has 5 rings (SSSR count). The smallest absolute Gasteiger partial charge is 0.202 e. The maximum Gasteiger partial charge on any atom is 0.202 e. The first kappa shape index (κ1) is 28.5. The van der Waals surface area contributed by atoms with Gasteiger partial charge in [0.2, 0.25) is 5.78 Å². The maximum atomic E-state index is 13.8. The van der Waals surface area contributed by atoms with Crippen molar-refractivity contribution in [1.29, 1.82) is 0 Å². The van der Waals surface area contributed by atoms with Crippen LogP contribution >= 0.6 is 0 Å². The SMILES string of the molecule is COc1c(C)ccc2c1C(=O)c1c(O)c3c(c(O)c1C2=O)C[C@](C)(O)C[C@H]3O[C@H]1O[C@H](C)[C@H](OC)[C@@H](OC)[C@@H]1O. The standard InChI is InChI=1S/C29H34O11/c1-11-7-8-13-17(25(11)36-4)23(33)19-18(20(13)30)21(31)14-9-29(3,35)10-15(16(14)22(19)32)40-28-24(34)27(38-6)26(37-5)12(2)39-28/h7-8,12,15,24,26-28,31-32,34-35H,9-10H2,1-6H3/t12-,15-,24+,26+,27+,28-,29+/m1/s1. The van der Waals surface area contributed by atoms with E-state index in [1.54, 1.807) is 19.9 Å². The van der Waals surface area contributed by atoms with Gasteiger partial charge >= 0.3 is 0 Å². The van der Waals surface area contributed by atoms with Gasteiger partial charge in [0.1, 0.15) is 35.6 Å². The highest BCUT2D eigenvalue weighted by Crippen LogP contribution is 2.52. The zero-order chi connectivity index (χ0) is 29.3. The van der Waals surface area contributed by atoms with E-state index in [1.807, 2.05) is 0 Å². The number of methoxy groups -OCH3 is 3. The van der Waals surface area contributed by atoms with Gasteiger partial charge in [-0.05, 0) is 32.4 Å². The Bertz CT molecular complexity index is 1380. The number of fused-ring (bicyclic) bond motifs is 3. The Morgan fingerprint density at radius 2 is 1.62 bits per heavy atom. The predicted octanol–water partition coefficient (Wildman–Crippen LogP) is 2.08. The molecule has 11 nitrogen and oxygen atoms in total. The van der Waals surface area contributed by atoms with Crippen LogP contribution in [0.2, 0.25) is 0 Å². The van der Waals surface area contributed by atoms with E-state index in [2.05, 4.69) is 0 Å². The number of ether oxygens (including phenoxy) is 5. The van der Waals surface area contributed by atoms with Crippen molar-refractivity contribution < 1.29 is 53.7 Å². The molecule has 2 aliphatic carbocycles. The zero-order valence-corrected chi connectivity index (χ0v) is 23.2. The van der Waals surface area contributed by atoms with Crippen LogP contribution in [0, 0.1) is 6.92 Å². The monoisotopic (exact) mass is 558 g/mol. The van der Waals surface area contributed by atoms with Crippen LogP contribution < -0.4 is 4.74 Å². The van der Waals surface area contributed by atoms with Gasteiger partial charge in [0.05, 0.1) is 41.6 Å². The second-order valence-electron chi connectivity index (χ2n) is 10.9. The van der Waals surface area contributed by atoms with E-state index in [1.165, 1.54) is 34.3 Å². The molecule has 4 N–H and O–H groups in total. The van der Waals surface area contributed by atoms with Crippen molar-refractivity contribution in [3.8, 4) is 17.2 Å². The lowest BCUT2D eigenvalue weighted by Crippen LogP contribution is -2.59. The molecule has 2 aromatic carbocycles. The largest absolute Gasteiger partial charge is 0.507 e. The fourth-order valence-electron chi connectivity index (χ4n) is 6.32. The van der Waals surface area contributed by atoms with Crippen molar-refractivity contribution in [3.05, 3.63) is 51.1 Å². The molecule has 1 saturated heterocycles. The van der Waals surface area contributed by atoms with Gasteiger partial charge in [-0.25, -0.2) is 0 Å². The Balaban J connectivity index is 1.65. The molecule has 0 bridgehead atoms. The van der Waals surface area contributed by atoms with Gasteiger partial charge in [0.15, 0.2) is 12.1 Å². The van der Waals surface area contributed by atoms with E-state index in [4.69, 9.17) is 23.7 Å². The van der Waals surface area contributed by atoms with Gasteiger partial charge in [0, 0.05) is 43.8 Å². The summed E-state index contributed by atoms with van der Waals surface area (Å²) in [5.41, 5.74) is -1.41. The third kappa shape index (κ3) is 4.20. The molecule has 11 heteroatoms. The van der Waals surface area contributed by atoms with Gasteiger partial charge in [0.25, 0.3) is 0 Å². The van der Waals surface area contributed by atoms with E-state index >= 15 is 0 Å². The Hall–Kier alpha value is -3.06. The summed E-state index contributed by atoms with van der Waals surface area (Å²) >= 11 is 0. The summed E-state index contributed by atoms with van der Waals surface area (Å²) in [6.07, 6.45) is -5.86. The van der Waals surface area contributed by atoms with Gasteiger partial charge < -0.3 is 44.1 Å². The van der Waals surface area contributed by atoms with Gasteiger partial charge in [-0.3, -0.25) is 9.59 Å². The fraction of sp³-hybridized carbons (Fsp3) is 0.517. The number of aliphatic hydroxyl groups is 2. The molecular formula is C29H34O11. The lowest BCUT2D eigenvalue weighted by molar-refractivity contribution is -0.314. The molecule has 7 atom stereocenters. The average molecular weight is 559 g/mol. The number of phenols is 2. The van der Waals surface area contributed by atoms with Gasteiger partial charge in [-0.2, -0.15) is 0 Å². The molecule has 2 aromatic rings. The normalized spacial score (nSPS) is 31.4. The highest BCUT2D eigenvalue weighted by Gasteiger charge is 2.49. The van der Waals surface area contributed by atoms with Crippen LogP contribution in [0.5, 0.6) is 17.2 Å². The minimum Gasteiger partial charge on any atom is -0.507 e. The summed E-state index contributed by atoms with van der Waals surface area (Å²) in [7, 11) is 4.27. The Kier molecular flexibility index (Phi) is 7.18. The van der Waals surface area contributed by atoms with E-state index in [0.717, 1.165) is 0 Å². The molecule has 0 spiro atoms. The number of aromatic hydroxyl groups is 2. The maximum absolute atomic E-state index is 13.8. The molecule has 1 heterocycles. The molecule has 0 unspecified atom stereocenters. The molecule has 0 radical (unpaired) electrons. The Morgan fingerprint density at radius 3 is 2.25 bits per heavy atom. The molecular weight excluding hydrogens is 524 g/mol. The molecule has 0 aromatic heterocycles. The van der Waals surface area contributed by atoms with Crippen molar-refractivity contribution in [2.24, 2.45) is 0 Å². The summed E-state index contributed by atoms with van der Waals surface area (Å²) in [6.45, 7) is 4.97. The Morgan fingerprint density at radius 1 is 0.975 bits per heavy atom. The first-order chi connectivity index (χ1) is 18.9. The third-order valence-corrected chi connectivity index (χ3v) is 8.17. The lowest BCUT2D eigenvalue weighted by Gasteiger charge is -2.45. The second-order valence-corrected chi connectivity index (χ2v) is 10.9. The average Bonchev–Trinajstić information content (AvgIpc) is 2.89. The number of ketones is 2. The Labute approximate surface area is 231 Å². The lowest BCUT2D eigenvalue weighted by atomic mass is 9.73. The van der Waals surface area contributed by atoms with E-state index in [9.17, 15) is 30.0 Å². The van der Waals surface area contributed by atoms with Crippen LogP contribution in [0.1, 0.15) is 74.9 Å². The van der Waals surface area contributed by atoms with E-state index in [-0.39, 0.29) is 52.0 Å². The van der Waals surface area contributed by atoms with Crippen LogP contribution in [-0.2, 0) is 25.4 Å². The van der Waals surface area contributed by atoms with E-state index in [0.29, 0.717) is 5.56 Å². The van der Waals surface area contributed by atoms with Gasteiger partial charge in [-0.15, -0.1) is 0 Å². The quantitative estimate of drug-likeness (QED) is 0.339. The van der Waals surface area contributed by atoms with Crippen LogP contribution in [0.25, 0.3) is 0 Å². The number of carbonyl (C=O) groups is 2. The molecule has 1 fully saturated rings. The minimum atomic E-state index is -1.43. The second kappa shape index (κ2) is 10.1. The molecule has 3 aliphatic rings. The molecule has 0 amide bonds. The number of carbonyl (C=O) groups excluding carboxylic acids is 2. The number of hydrogen-bond donors (Lipinski definition) is 4. The van der Waals surface area contributed by atoms with Crippen molar-refractivity contribution in [2.45, 2.75) is 76.0 Å². The van der Waals surface area contributed by atoms with Crippen molar-refractivity contribution >= 4 is 11.6 Å². The summed E-state index contributed by atoms with van der Waals surface area (Å²) in [5.74, 6) is -2.23. The number of aryl methyl sites for hydroxylation is 1. The number of phenolic OH excluding ortho intramolecular Hbond substituents is 2. The first-order valence-corrected chi connectivity index (χ1v) is 13.0. The fourth-order valence-corrected chi connectivity index (χ4v) is 6.32. The highest BCUT2D eigenvalue weighted by atomic mass is 16.7. The van der Waals surface area contributed by atoms with Gasteiger partial charge in [-0.1, -0.05) is 6.07 Å². The summed E-state index contributed by atoms with van der Waals surface area (Å²) in [4.78, 5) is 27.4. The summed E-state index contributed by atoms with van der Waals surface area (Å²) < 4.78 is 28.4. The first-order valence-electron chi connectivity index (χ1n) is 13.0. The van der Waals surface area contributed by atoms with E-state index < -0.39 is 65.5 Å². The number of hydrogen-bond acceptors (Lipinski definition) is 11. The summed E-state index contributed by atoms with van der Waals surface area (Å²) in [6, 6.07) is 3.12. The molecule has 0 saturated carbocycles. The number of benzene rings is 2. The van der Waals surface area contributed by atoms with Crippen LogP contribution in [-0.4, -0.2) is 89.6 Å². The molecule has 1 aliphatic heterocycles. The number of rotatable bonds is 5. The predicted molar refractivity (Wildman–Crippen MR) is 139 cm³/mol. The van der Waals surface area contributed by atoms with Crippen molar-refractivity contribution in [3.63, 3.8) is 0 Å². The zero-order valence-electron chi connectivity index (χ0n) is 23.2.